The van der Waals surface area contributed by atoms with Gasteiger partial charge < -0.3 is 185 Å². The lowest BCUT2D eigenvalue weighted by Gasteiger charge is -2.71. The van der Waals surface area contributed by atoms with Gasteiger partial charge in [-0.2, -0.15) is 5.10 Å². The van der Waals surface area contributed by atoms with Gasteiger partial charge in [-0.25, -0.2) is 5.43 Å². The second-order valence-electron chi connectivity index (χ2n) is 39.3. The lowest BCUT2D eigenvalue weighted by Crippen LogP contribution is -2.68. The zero-order valence-electron chi connectivity index (χ0n) is 78.3. The first kappa shape index (κ1) is 115. The number of ether oxygens (including phenoxy) is 10. The van der Waals surface area contributed by atoms with Gasteiger partial charge >= 0.3 is 11.9 Å². The third-order valence-corrected chi connectivity index (χ3v) is 30.8. The Morgan fingerprint density at radius 2 is 1.29 bits per heavy atom. The molecule has 0 aromatic rings. The van der Waals surface area contributed by atoms with E-state index in [1.807, 2.05) is 33.8 Å². The predicted molar refractivity (Wildman–Crippen MR) is 467 cm³/mol. The molecule has 0 aromatic carbocycles. The number of fused-ring (bicyclic) bond motifs is 7. The Morgan fingerprint density at radius 1 is 0.637 bits per heavy atom. The number of aliphatic hydroxyl groups is 26. The van der Waals surface area contributed by atoms with Crippen molar-refractivity contribution in [3.05, 3.63) is 35.0 Å². The number of aliphatic hydroxyl groups excluding tert-OH is 26. The van der Waals surface area contributed by atoms with Crippen LogP contribution in [0.5, 0.6) is 0 Å². The summed E-state index contributed by atoms with van der Waals surface area (Å²) in [6.07, 6.45) is -61.5. The van der Waals surface area contributed by atoms with Crippen LogP contribution in [-0.2, 0) is 71.3 Å². The molecule has 3 heterocycles. The number of likely N-dealkylation sites (tertiary alicyclic amines) is 1. The van der Waals surface area contributed by atoms with Crippen molar-refractivity contribution in [3.63, 3.8) is 0 Å². The number of nitrogens with zero attached hydrogens (tertiary/aromatic N) is 2. The van der Waals surface area contributed by atoms with Crippen LogP contribution < -0.4 is 5.43 Å². The van der Waals surface area contributed by atoms with E-state index in [1.54, 1.807) is 20.8 Å². The van der Waals surface area contributed by atoms with Gasteiger partial charge in [0.15, 0.2) is 49.1 Å². The summed E-state index contributed by atoms with van der Waals surface area (Å²) in [4.78, 5) is 69.4. The van der Waals surface area contributed by atoms with E-state index in [0.29, 0.717) is 25.7 Å². The summed E-state index contributed by atoms with van der Waals surface area (Å²) in [6, 6.07) is 0. The van der Waals surface area contributed by atoms with E-state index in [9.17, 15) is 157 Å². The van der Waals surface area contributed by atoms with E-state index in [0.717, 1.165) is 24.3 Å². The molecule has 41 atom stereocenters. The van der Waals surface area contributed by atoms with Gasteiger partial charge in [0.05, 0.1) is 67.6 Å². The second-order valence-corrected chi connectivity index (χ2v) is 40.6. The predicted octanol–water partition coefficient (Wildman–Crippen LogP) is -3.32. The van der Waals surface area contributed by atoms with Gasteiger partial charge in [-0.15, -0.1) is 11.8 Å². The summed E-state index contributed by atoms with van der Waals surface area (Å²) in [6.45, 7) is 18.3. The lowest BCUT2D eigenvalue weighted by atomic mass is 9.33. The summed E-state index contributed by atoms with van der Waals surface area (Å²) in [7, 11) is 0. The first-order valence-corrected chi connectivity index (χ1v) is 47.4. The van der Waals surface area contributed by atoms with Gasteiger partial charge in [0.25, 0.3) is 0 Å². The van der Waals surface area contributed by atoms with Crippen molar-refractivity contribution >= 4 is 47.6 Å². The quantitative estimate of drug-likeness (QED) is 0.00414. The minimum atomic E-state index is -2.83. The third kappa shape index (κ3) is 25.8. The minimum Gasteiger partial charge on any atom is -0.507 e. The van der Waals surface area contributed by atoms with Crippen molar-refractivity contribution < 1.29 is 209 Å². The minimum absolute atomic E-state index is 0.0186. The molecule has 7 fully saturated rings. The number of carboxylic acid groups (broad SMARTS) is 1. The summed E-state index contributed by atoms with van der Waals surface area (Å²) in [5.74, 6) is -9.79. The number of aliphatic carboxylic acids is 1. The number of carbonyl (C=O) groups excluding carboxylic acids is 4. The molecular weight excluding hydrogens is 1820 g/mol. The van der Waals surface area contributed by atoms with Crippen molar-refractivity contribution in [3.8, 4) is 0 Å². The number of rotatable bonds is 50. The van der Waals surface area contributed by atoms with Gasteiger partial charge in [0.1, 0.15) is 103 Å². The molecule has 35 unspecified atom stereocenters. The van der Waals surface area contributed by atoms with Crippen molar-refractivity contribution in [2.45, 2.75) is 395 Å². The number of amides is 3. The summed E-state index contributed by atoms with van der Waals surface area (Å²) in [5, 5.41) is 304. The Morgan fingerprint density at radius 3 is 1.90 bits per heavy atom. The normalized spacial score (nSPS) is 36.4. The van der Waals surface area contributed by atoms with E-state index in [1.165, 1.54) is 37.9 Å². The van der Waals surface area contributed by atoms with E-state index in [4.69, 9.17) is 47.4 Å². The Kier molecular flexibility index (Phi) is 41.6. The van der Waals surface area contributed by atoms with Crippen LogP contribution in [0.1, 0.15) is 199 Å². The molecular formula is C89H149N3O42S. The topological polar surface area (TPSA) is 751 Å². The molecule has 5 aliphatic carbocycles. The average Bonchev–Trinajstić information content (AvgIpc) is 0.937. The molecule has 135 heavy (non-hydrogen) atoms. The van der Waals surface area contributed by atoms with Crippen LogP contribution in [0.4, 0.5) is 0 Å². The Hall–Kier alpha value is -5.09. The summed E-state index contributed by atoms with van der Waals surface area (Å²) >= 11 is 1.17. The molecule has 45 nitrogen and oxygen atoms in total. The molecule has 8 aliphatic rings. The molecule has 28 N–H and O–H groups in total. The number of unbranched alkanes of at least 4 members (excludes halogenated alkanes) is 2. The molecule has 0 spiro atoms. The van der Waals surface area contributed by atoms with Gasteiger partial charge in [0.2, 0.25) is 36.6 Å². The first-order chi connectivity index (χ1) is 63.1. The SMILES string of the molecule is CCC(C)/C=C(\O)C(O)OC(CC)C(O)C(OC1OC(C)C(OC(O)C(O)C(OC2OC(CO)C(O)C(O)C2O)C(C)O)C(O)C1O)C(O)OC(=O)[C@]12CCC(C)(C)CC1C1=CCC3[C@@]4(C)CC[C@H](OC(O)C(OC(O)C(O)C(O)C(O)CCO)C(OC(O)/C(O)=C(\O)C(C)O)C(O)CC(=O)O)[C@@](C)(/C=N/NC(=O)CCCCCN5C(=O)CC(SCCO)C5=O)C4CC[C@@]3(C)[C@]1(C)CC2O. The molecule has 0 bridgehead atoms. The first-order valence-electron chi connectivity index (χ1n) is 46.4. The maximum absolute atomic E-state index is 16.1. The van der Waals surface area contributed by atoms with Crippen LogP contribution in [0.25, 0.3) is 0 Å². The van der Waals surface area contributed by atoms with Crippen LogP contribution in [0.2, 0.25) is 0 Å². The van der Waals surface area contributed by atoms with Crippen LogP contribution in [-0.4, -0.2) is 407 Å². The smallest absolute Gasteiger partial charge is 0.317 e. The Bertz CT molecular complexity index is 3960. The fraction of sp³-hybridized carbons (Fsp3) is 0.865. The largest absolute Gasteiger partial charge is 0.507 e. The lowest BCUT2D eigenvalue weighted by molar-refractivity contribution is -0.358. The molecule has 3 aliphatic heterocycles. The molecule has 46 heteroatoms. The van der Waals surface area contributed by atoms with Gasteiger partial charge in [-0.1, -0.05) is 80.4 Å². The number of nitrogens with one attached hydrogen (secondary N) is 1. The molecule has 0 aromatic heterocycles. The van der Waals surface area contributed by atoms with E-state index >= 15 is 4.79 Å². The van der Waals surface area contributed by atoms with E-state index in [2.05, 4.69) is 17.5 Å². The van der Waals surface area contributed by atoms with Gasteiger partial charge in [-0.05, 0) is 162 Å². The van der Waals surface area contributed by atoms with Crippen molar-refractivity contribution in [1.29, 1.82) is 0 Å². The number of esters is 1. The van der Waals surface area contributed by atoms with E-state index in [-0.39, 0.29) is 114 Å². The highest BCUT2D eigenvalue weighted by Crippen LogP contribution is 2.76. The molecule has 4 saturated carbocycles. The Labute approximate surface area is 786 Å². The Balaban J connectivity index is 1.14. The number of imide groups is 1. The fourth-order valence-corrected chi connectivity index (χ4v) is 22.3. The monoisotopic (exact) mass is 1960 g/mol. The second kappa shape index (κ2) is 48.8. The molecule has 8 rings (SSSR count). The fourth-order valence-electron chi connectivity index (χ4n) is 21.4. The van der Waals surface area contributed by atoms with E-state index < -0.39 is 307 Å². The zero-order valence-corrected chi connectivity index (χ0v) is 79.1. The number of thioether (sulfide) groups is 1. The summed E-state index contributed by atoms with van der Waals surface area (Å²) < 4.78 is 58.6. The number of allylic oxidation sites excluding steroid dienone is 3. The molecule has 3 saturated heterocycles. The van der Waals surface area contributed by atoms with Crippen LogP contribution in [0.15, 0.2) is 40.1 Å². The molecule has 3 amide bonds. The standard InChI is InChI=1S/C89H149N3O42S/c1-13-39(3)32-47(100)75(118)126-48(14-2)61(109)72(133-81-67(115)63(111)70(42(6)125-81)129-78(121)68(116)69(41(5)97)132-82-66(114)62(110)60(108)49(37-95)127-82)79(122)134-83(124)89-27-26-84(7,8)35-44(89)43-19-20-52-85(9)24-22-54(128-80(123)73(131-77(120)65(113)59(107)45(98)23-29-93)71(46(99)33-57(104)105)130-76(119)64(112)58(106)40(4)96)86(10,51(85)21-25-87(52,11)88(43,12)36-53(89)101)38-90-91-55(102)18-16-15-17-28-92-56(103)34-50(74(92)117)135-31-30-94/h19,32,38-42,44-46,48-54,59-63,65-73,75-82,93-101,106-116,118-123H,13-18,20-31,33-37H2,1-12H3,(H,91,102)(H,104,105)/b47-32-,64-58+,90-38+/t39?,40?,41?,42?,44?,45?,46?,48?,49?,50?,51?,52?,53?,54-,59?,60?,61?,62?,63?,65?,66?,67?,68?,69?,70?,71?,72?,73?,75?,76?,77?,78?,79?,80?,81?,82?,85-,86-,87+,88+,89+/m0/s1. The van der Waals surface area contributed by atoms with Crippen LogP contribution in [0, 0.1) is 56.2 Å². The average molecular weight is 1970 g/mol. The highest BCUT2D eigenvalue weighted by molar-refractivity contribution is 8.00. The highest BCUT2D eigenvalue weighted by atomic mass is 32.2. The number of carboxylic acids is 1. The maximum Gasteiger partial charge on any atom is 0.317 e. The van der Waals surface area contributed by atoms with Crippen molar-refractivity contribution in [2.75, 3.05) is 32.1 Å². The number of hydrogen-bond donors (Lipinski definition) is 28. The van der Waals surface area contributed by atoms with Gasteiger partial charge in [0, 0.05) is 43.4 Å². The maximum atomic E-state index is 16.1. The van der Waals surface area contributed by atoms with Crippen molar-refractivity contribution in [1.82, 2.24) is 10.3 Å². The highest BCUT2D eigenvalue weighted by Gasteiger charge is 2.73. The van der Waals surface area contributed by atoms with Crippen molar-refractivity contribution in [2.24, 2.45) is 61.3 Å². The van der Waals surface area contributed by atoms with Gasteiger partial charge in [-0.3, -0.25) is 28.9 Å². The molecule has 778 valence electrons. The number of carbonyl (C=O) groups is 5. The summed E-state index contributed by atoms with van der Waals surface area (Å²) in [5.41, 5.74) is -3.55. The van der Waals surface area contributed by atoms with Crippen LogP contribution in [0.3, 0.4) is 0 Å². The zero-order chi connectivity index (χ0) is 101. The molecule has 0 radical (unpaired) electrons. The number of hydrazone groups is 1. The number of hydrogen-bond acceptors (Lipinski definition) is 43. The third-order valence-electron chi connectivity index (χ3n) is 29.7. The van der Waals surface area contributed by atoms with Crippen LogP contribution >= 0.6 is 11.8 Å².